The van der Waals surface area contributed by atoms with Crippen LogP contribution in [0.15, 0.2) is 6.20 Å². The summed E-state index contributed by atoms with van der Waals surface area (Å²) in [5.41, 5.74) is 0.700. The van der Waals surface area contributed by atoms with Crippen LogP contribution in [0.25, 0.3) is 5.65 Å². The highest BCUT2D eigenvalue weighted by Crippen LogP contribution is 2.17. The monoisotopic (exact) mass is 225 g/mol. The number of rotatable bonds is 2. The zero-order chi connectivity index (χ0) is 11.0. The molecule has 0 atom stereocenters. The molecule has 0 aromatic carbocycles. The van der Waals surface area contributed by atoms with E-state index in [2.05, 4.69) is 20.5 Å². The average molecular weight is 226 g/mol. The van der Waals surface area contributed by atoms with Gasteiger partial charge in [0.15, 0.2) is 5.82 Å². The Morgan fingerprint density at radius 1 is 1.40 bits per heavy atom. The second-order valence-electron chi connectivity index (χ2n) is 3.65. The zero-order valence-electron chi connectivity index (χ0n) is 8.82. The highest BCUT2D eigenvalue weighted by Gasteiger charge is 2.10. The third-order valence-corrected chi connectivity index (χ3v) is 2.14. The van der Waals surface area contributed by atoms with Gasteiger partial charge in [-0.15, -0.1) is 10.2 Å². The Bertz CT molecular complexity index is 490. The average Bonchev–Trinajstić information content (AvgIpc) is 2.47. The standard InChI is InChI=1S/C9H12ClN5/c1-5(2)11-8-9-14-13-6(3)15(9)4-7(10)12-8/h4-5H,1-3H3,(H,11,12). The smallest absolute Gasteiger partial charge is 0.203 e. The van der Waals surface area contributed by atoms with E-state index in [0.29, 0.717) is 16.6 Å². The molecule has 0 aliphatic heterocycles. The van der Waals surface area contributed by atoms with E-state index < -0.39 is 0 Å². The Hall–Kier alpha value is -1.36. The number of anilines is 1. The first-order chi connectivity index (χ1) is 7.08. The van der Waals surface area contributed by atoms with Crippen molar-refractivity contribution in [1.82, 2.24) is 19.6 Å². The van der Waals surface area contributed by atoms with Crippen LogP contribution >= 0.6 is 11.6 Å². The second-order valence-corrected chi connectivity index (χ2v) is 4.04. The van der Waals surface area contributed by atoms with Crippen molar-refractivity contribution in [3.63, 3.8) is 0 Å². The van der Waals surface area contributed by atoms with Crippen molar-refractivity contribution < 1.29 is 0 Å². The number of hydrogen-bond donors (Lipinski definition) is 1. The lowest BCUT2D eigenvalue weighted by Crippen LogP contribution is -2.12. The zero-order valence-corrected chi connectivity index (χ0v) is 9.58. The molecule has 0 spiro atoms. The van der Waals surface area contributed by atoms with Crippen molar-refractivity contribution in [2.24, 2.45) is 0 Å². The molecule has 0 saturated heterocycles. The van der Waals surface area contributed by atoms with Crippen LogP contribution < -0.4 is 5.32 Å². The van der Waals surface area contributed by atoms with Crippen molar-refractivity contribution >= 4 is 23.1 Å². The highest BCUT2D eigenvalue weighted by atomic mass is 35.5. The molecule has 2 aromatic rings. The van der Waals surface area contributed by atoms with E-state index in [1.165, 1.54) is 0 Å². The molecule has 0 aliphatic carbocycles. The lowest BCUT2D eigenvalue weighted by atomic mass is 10.4. The van der Waals surface area contributed by atoms with Gasteiger partial charge in [0.05, 0.1) is 0 Å². The molecule has 0 fully saturated rings. The Balaban J connectivity index is 2.61. The van der Waals surface area contributed by atoms with Gasteiger partial charge in [0.1, 0.15) is 11.0 Å². The summed E-state index contributed by atoms with van der Waals surface area (Å²) >= 11 is 5.91. The molecule has 5 nitrogen and oxygen atoms in total. The van der Waals surface area contributed by atoms with Crippen LogP contribution in [0.2, 0.25) is 5.15 Å². The lowest BCUT2D eigenvalue weighted by Gasteiger charge is -2.09. The van der Waals surface area contributed by atoms with Crippen molar-refractivity contribution in [3.8, 4) is 0 Å². The Morgan fingerprint density at radius 3 is 2.80 bits per heavy atom. The normalized spacial score (nSPS) is 11.3. The highest BCUT2D eigenvalue weighted by molar-refractivity contribution is 6.29. The van der Waals surface area contributed by atoms with E-state index in [-0.39, 0.29) is 6.04 Å². The van der Waals surface area contributed by atoms with Gasteiger partial charge >= 0.3 is 0 Å². The minimum absolute atomic E-state index is 0.275. The SMILES string of the molecule is Cc1nnc2c(NC(C)C)nc(Cl)cn12. The van der Waals surface area contributed by atoms with E-state index >= 15 is 0 Å². The molecule has 0 aliphatic rings. The number of halogens is 1. The Kier molecular flexibility index (Phi) is 2.48. The number of nitrogens with one attached hydrogen (secondary N) is 1. The van der Waals surface area contributed by atoms with Crippen LogP contribution in [0.1, 0.15) is 19.7 Å². The molecule has 0 saturated carbocycles. The molecular weight excluding hydrogens is 214 g/mol. The van der Waals surface area contributed by atoms with E-state index in [0.717, 1.165) is 5.82 Å². The van der Waals surface area contributed by atoms with Gasteiger partial charge in [0.25, 0.3) is 0 Å². The maximum absolute atomic E-state index is 5.91. The third kappa shape index (κ3) is 1.87. The van der Waals surface area contributed by atoms with Crippen molar-refractivity contribution in [2.45, 2.75) is 26.8 Å². The molecule has 0 amide bonds. The largest absolute Gasteiger partial charge is 0.365 e. The fourth-order valence-corrected chi connectivity index (χ4v) is 1.53. The maximum atomic E-state index is 5.91. The molecular formula is C9H12ClN5. The fraction of sp³-hybridized carbons (Fsp3) is 0.444. The molecule has 6 heteroatoms. The number of aryl methyl sites for hydroxylation is 1. The minimum atomic E-state index is 0.275. The van der Waals surface area contributed by atoms with E-state index in [1.807, 2.05) is 25.2 Å². The summed E-state index contributed by atoms with van der Waals surface area (Å²) in [6, 6.07) is 0.275. The summed E-state index contributed by atoms with van der Waals surface area (Å²) in [6.45, 7) is 5.93. The van der Waals surface area contributed by atoms with Crippen LogP contribution in [0.4, 0.5) is 5.82 Å². The van der Waals surface area contributed by atoms with E-state index in [1.54, 1.807) is 6.20 Å². The number of nitrogens with zero attached hydrogens (tertiary/aromatic N) is 4. The van der Waals surface area contributed by atoms with Gasteiger partial charge in [-0.3, -0.25) is 4.40 Å². The van der Waals surface area contributed by atoms with Gasteiger partial charge in [-0.2, -0.15) is 0 Å². The van der Waals surface area contributed by atoms with Gasteiger partial charge in [0, 0.05) is 12.2 Å². The van der Waals surface area contributed by atoms with Crippen molar-refractivity contribution in [2.75, 3.05) is 5.32 Å². The van der Waals surface area contributed by atoms with Gasteiger partial charge in [0.2, 0.25) is 5.65 Å². The summed E-state index contributed by atoms with van der Waals surface area (Å²) in [7, 11) is 0. The van der Waals surface area contributed by atoms with E-state index in [9.17, 15) is 0 Å². The molecule has 1 N–H and O–H groups in total. The predicted octanol–water partition coefficient (Wildman–Crippen LogP) is 1.91. The predicted molar refractivity (Wildman–Crippen MR) is 59.3 cm³/mol. The summed E-state index contributed by atoms with van der Waals surface area (Å²) in [4.78, 5) is 4.19. The van der Waals surface area contributed by atoms with Crippen LogP contribution in [-0.2, 0) is 0 Å². The number of aromatic nitrogens is 4. The summed E-state index contributed by atoms with van der Waals surface area (Å²) < 4.78 is 1.82. The maximum Gasteiger partial charge on any atom is 0.203 e. The number of fused-ring (bicyclic) bond motifs is 1. The van der Waals surface area contributed by atoms with Crippen molar-refractivity contribution in [1.29, 1.82) is 0 Å². The Morgan fingerprint density at radius 2 is 2.13 bits per heavy atom. The van der Waals surface area contributed by atoms with Crippen LogP contribution in [0, 0.1) is 6.92 Å². The second kappa shape index (κ2) is 3.66. The lowest BCUT2D eigenvalue weighted by molar-refractivity contribution is 0.886. The van der Waals surface area contributed by atoms with Gasteiger partial charge < -0.3 is 5.32 Å². The van der Waals surface area contributed by atoms with Gasteiger partial charge in [-0.1, -0.05) is 11.6 Å². The minimum Gasteiger partial charge on any atom is -0.365 e. The van der Waals surface area contributed by atoms with Crippen LogP contribution in [0.5, 0.6) is 0 Å². The summed E-state index contributed by atoms with van der Waals surface area (Å²) in [6.07, 6.45) is 1.71. The van der Waals surface area contributed by atoms with Gasteiger partial charge in [-0.05, 0) is 20.8 Å². The fourth-order valence-electron chi connectivity index (χ4n) is 1.35. The first-order valence-corrected chi connectivity index (χ1v) is 5.10. The Labute approximate surface area is 92.5 Å². The molecule has 80 valence electrons. The van der Waals surface area contributed by atoms with Crippen LogP contribution in [-0.4, -0.2) is 25.6 Å². The molecule has 15 heavy (non-hydrogen) atoms. The first kappa shape index (κ1) is 10.2. The number of hydrogen-bond acceptors (Lipinski definition) is 4. The van der Waals surface area contributed by atoms with Crippen molar-refractivity contribution in [3.05, 3.63) is 17.2 Å². The van der Waals surface area contributed by atoms with Gasteiger partial charge in [-0.25, -0.2) is 4.98 Å². The summed E-state index contributed by atoms with van der Waals surface area (Å²) in [5, 5.41) is 11.6. The molecule has 0 radical (unpaired) electrons. The molecule has 0 unspecified atom stereocenters. The summed E-state index contributed by atoms with van der Waals surface area (Å²) in [5.74, 6) is 1.46. The molecule has 2 heterocycles. The topological polar surface area (TPSA) is 55.1 Å². The molecule has 0 bridgehead atoms. The quantitative estimate of drug-likeness (QED) is 0.848. The molecule has 2 rings (SSSR count). The first-order valence-electron chi connectivity index (χ1n) is 4.72. The molecule has 2 aromatic heterocycles. The van der Waals surface area contributed by atoms with Crippen LogP contribution in [0.3, 0.4) is 0 Å². The third-order valence-electron chi connectivity index (χ3n) is 1.96. The van der Waals surface area contributed by atoms with E-state index in [4.69, 9.17) is 11.6 Å².